The van der Waals surface area contributed by atoms with Gasteiger partial charge in [0.1, 0.15) is 18.3 Å². The highest BCUT2D eigenvalue weighted by molar-refractivity contribution is 7.99. The molecule has 0 aromatic carbocycles. The van der Waals surface area contributed by atoms with Gasteiger partial charge < -0.3 is 72.8 Å². The molecule has 0 aromatic heterocycles. The van der Waals surface area contributed by atoms with Crippen LogP contribution in [0.1, 0.15) is 12.8 Å². The lowest BCUT2D eigenvalue weighted by Crippen LogP contribution is -2.65. The molecule has 0 aromatic rings. The first-order chi connectivity index (χ1) is 18.2. The van der Waals surface area contributed by atoms with Crippen LogP contribution in [-0.4, -0.2) is 144 Å². The Balaban J connectivity index is 2.01. The van der Waals surface area contributed by atoms with Crippen LogP contribution in [-0.2, 0) is 23.7 Å². The molecular formula is C22H47N5O9S2. The number of thioether (sulfide) groups is 1. The summed E-state index contributed by atoms with van der Waals surface area (Å²) in [6.45, 7) is 0.499. The maximum Gasteiger partial charge on any atom is 0.181 e. The van der Waals surface area contributed by atoms with Gasteiger partial charge in [0.25, 0.3) is 0 Å². The molecule has 16 heteroatoms. The Morgan fingerprint density at radius 3 is 2.37 bits per heavy atom. The van der Waals surface area contributed by atoms with E-state index in [1.165, 1.54) is 11.8 Å². The summed E-state index contributed by atoms with van der Waals surface area (Å²) in [5, 5.41) is 41.5. The first-order valence-electron chi connectivity index (χ1n) is 12.9. The van der Waals surface area contributed by atoms with Gasteiger partial charge in [-0.2, -0.15) is 24.4 Å². The summed E-state index contributed by atoms with van der Waals surface area (Å²) in [6.07, 6.45) is -8.33. The minimum absolute atomic E-state index is 0.0595. The Morgan fingerprint density at radius 2 is 1.74 bits per heavy atom. The molecule has 6 unspecified atom stereocenters. The number of rotatable bonds is 17. The molecule has 2 aliphatic rings. The second-order valence-corrected chi connectivity index (χ2v) is 11.1. The fourth-order valence-corrected chi connectivity index (χ4v) is 5.47. The fraction of sp³-hybridized carbons (Fsp3) is 1.00. The quantitative estimate of drug-likeness (QED) is 0.0437. The number of aliphatic hydroxyl groups is 4. The van der Waals surface area contributed by atoms with E-state index in [9.17, 15) is 20.4 Å². The number of hydrogen-bond donors (Lipinski definition) is 10. The Morgan fingerprint density at radius 1 is 1.03 bits per heavy atom. The monoisotopic (exact) mass is 589 g/mol. The van der Waals surface area contributed by atoms with Crippen molar-refractivity contribution < 1.29 is 44.1 Å². The van der Waals surface area contributed by atoms with Gasteiger partial charge in [0, 0.05) is 42.4 Å². The lowest BCUT2D eigenvalue weighted by atomic mass is 9.84. The van der Waals surface area contributed by atoms with Crippen molar-refractivity contribution in [1.29, 1.82) is 0 Å². The average Bonchev–Trinajstić information content (AvgIpc) is 2.89. The zero-order valence-corrected chi connectivity index (χ0v) is 23.3. The van der Waals surface area contributed by atoms with Crippen molar-refractivity contribution >= 4 is 24.4 Å². The van der Waals surface area contributed by atoms with Crippen LogP contribution < -0.4 is 28.7 Å². The number of aliphatic hydroxyl groups excluding tert-OH is 4. The van der Waals surface area contributed by atoms with E-state index in [2.05, 4.69) is 12.6 Å². The van der Waals surface area contributed by atoms with Crippen LogP contribution in [0.25, 0.3) is 0 Å². The molecule has 1 saturated carbocycles. The molecule has 1 aliphatic carbocycles. The summed E-state index contributed by atoms with van der Waals surface area (Å²) < 4.78 is 28.8. The van der Waals surface area contributed by atoms with Gasteiger partial charge >= 0.3 is 0 Å². The van der Waals surface area contributed by atoms with Crippen LogP contribution in [0.2, 0.25) is 0 Å². The first kappa shape index (κ1) is 34.3. The molecule has 0 spiro atoms. The minimum atomic E-state index is -1.32. The summed E-state index contributed by atoms with van der Waals surface area (Å²) in [4.78, 5) is 0. The lowest BCUT2D eigenvalue weighted by Gasteiger charge is -2.46. The van der Waals surface area contributed by atoms with Gasteiger partial charge in [-0.05, 0) is 12.8 Å². The number of thiol groups is 1. The zero-order chi connectivity index (χ0) is 28.2. The number of hydrogen-bond acceptors (Lipinski definition) is 16. The molecule has 38 heavy (non-hydrogen) atoms. The maximum absolute atomic E-state index is 11.1. The molecular weight excluding hydrogens is 542 g/mol. The SMILES string of the molecule is NC[C@H](O)C(CSCCOCCS)O[C@@H](CO)O[C@H]1C(N)C[C@H](N)C(OC2O[C@H](CN)C(O)C[C@H]2N)C1O. The third-order valence-corrected chi connectivity index (χ3v) is 7.73. The van der Waals surface area contributed by atoms with E-state index in [1.54, 1.807) is 0 Å². The van der Waals surface area contributed by atoms with E-state index in [0.717, 1.165) is 0 Å². The van der Waals surface area contributed by atoms with Crippen LogP contribution in [0.3, 0.4) is 0 Å². The predicted molar refractivity (Wildman–Crippen MR) is 145 cm³/mol. The van der Waals surface area contributed by atoms with Crippen LogP contribution in [0, 0.1) is 0 Å². The highest BCUT2D eigenvalue weighted by atomic mass is 32.2. The second-order valence-electron chi connectivity index (χ2n) is 9.50. The molecule has 226 valence electrons. The molecule has 14 nitrogen and oxygen atoms in total. The molecule has 2 rings (SSSR count). The van der Waals surface area contributed by atoms with E-state index in [4.69, 9.17) is 52.4 Å². The van der Waals surface area contributed by atoms with Crippen LogP contribution in [0.4, 0.5) is 0 Å². The van der Waals surface area contributed by atoms with Gasteiger partial charge in [0.15, 0.2) is 12.6 Å². The lowest BCUT2D eigenvalue weighted by molar-refractivity contribution is -0.287. The maximum atomic E-state index is 11.1. The van der Waals surface area contributed by atoms with Gasteiger partial charge in [-0.3, -0.25) is 0 Å². The molecule has 2 fully saturated rings. The van der Waals surface area contributed by atoms with Gasteiger partial charge in [-0.15, -0.1) is 0 Å². The van der Waals surface area contributed by atoms with Crippen molar-refractivity contribution in [3.8, 4) is 0 Å². The topological polar surface area (TPSA) is 257 Å². The van der Waals surface area contributed by atoms with Gasteiger partial charge in [-0.1, -0.05) is 0 Å². The van der Waals surface area contributed by atoms with Crippen molar-refractivity contribution in [3.63, 3.8) is 0 Å². The Kier molecular flexibility index (Phi) is 16.1. The van der Waals surface area contributed by atoms with Gasteiger partial charge in [0.05, 0.1) is 50.3 Å². The molecule has 1 aliphatic heterocycles. The van der Waals surface area contributed by atoms with Crippen LogP contribution >= 0.6 is 24.4 Å². The molecule has 12 atom stereocenters. The number of nitrogens with two attached hydrogens (primary N) is 5. The Bertz CT molecular complexity index is 652. The molecule has 14 N–H and O–H groups in total. The minimum Gasteiger partial charge on any atom is -0.391 e. The Labute approximate surface area is 233 Å². The summed E-state index contributed by atoms with van der Waals surface area (Å²) in [5.74, 6) is 1.65. The summed E-state index contributed by atoms with van der Waals surface area (Å²) >= 11 is 5.57. The summed E-state index contributed by atoms with van der Waals surface area (Å²) in [5.41, 5.74) is 29.9. The summed E-state index contributed by atoms with van der Waals surface area (Å²) in [6, 6.07) is -2.04. The normalized spacial score (nSPS) is 36.6. The zero-order valence-electron chi connectivity index (χ0n) is 21.6. The fourth-order valence-electron chi connectivity index (χ4n) is 4.41. The summed E-state index contributed by atoms with van der Waals surface area (Å²) in [7, 11) is 0. The van der Waals surface area contributed by atoms with Crippen molar-refractivity contribution in [2.45, 2.75) is 86.3 Å². The molecule has 1 saturated heterocycles. The second kappa shape index (κ2) is 17.8. The molecule has 0 amide bonds. The van der Waals surface area contributed by atoms with E-state index in [-0.39, 0.29) is 25.9 Å². The van der Waals surface area contributed by atoms with Crippen molar-refractivity contribution in [1.82, 2.24) is 0 Å². The highest BCUT2D eigenvalue weighted by Gasteiger charge is 2.47. The van der Waals surface area contributed by atoms with Gasteiger partial charge in [-0.25, -0.2) is 0 Å². The van der Waals surface area contributed by atoms with Gasteiger partial charge in [0.2, 0.25) is 0 Å². The average molecular weight is 590 g/mol. The van der Waals surface area contributed by atoms with Crippen LogP contribution in [0.15, 0.2) is 0 Å². The third-order valence-electron chi connectivity index (χ3n) is 6.53. The van der Waals surface area contributed by atoms with E-state index < -0.39 is 80.0 Å². The predicted octanol–water partition coefficient (Wildman–Crippen LogP) is -4.36. The standard InChI is InChI=1S/C22H47N5O9S2/c23-7-15(30)17(10-38-4-2-32-1-3-37)33-18(9-28)35-20-11(25)5-12(26)21(19(20)31)36-22-13(27)6-14(29)16(8-24)34-22/h11-22,28-31,37H,1-10,23-27H2/t11?,12-,13+,14?,15-,16+,17?,18+,19?,20-,21?,22?/m0/s1. The molecule has 0 bridgehead atoms. The van der Waals surface area contributed by atoms with E-state index in [1.807, 2.05) is 0 Å². The van der Waals surface area contributed by atoms with Crippen molar-refractivity contribution in [2.75, 3.05) is 50.2 Å². The van der Waals surface area contributed by atoms with Crippen LogP contribution in [0.5, 0.6) is 0 Å². The third kappa shape index (κ3) is 10.2. The first-order valence-corrected chi connectivity index (χ1v) is 14.7. The Hall–Kier alpha value is 0.140. The molecule has 0 radical (unpaired) electrons. The largest absolute Gasteiger partial charge is 0.391 e. The smallest absolute Gasteiger partial charge is 0.181 e. The molecule has 1 heterocycles. The highest BCUT2D eigenvalue weighted by Crippen LogP contribution is 2.29. The van der Waals surface area contributed by atoms with Crippen molar-refractivity contribution in [3.05, 3.63) is 0 Å². The van der Waals surface area contributed by atoms with E-state index >= 15 is 0 Å². The van der Waals surface area contributed by atoms with E-state index in [0.29, 0.717) is 30.5 Å². The number of ether oxygens (including phenoxy) is 5. The van der Waals surface area contributed by atoms with Crippen molar-refractivity contribution in [2.24, 2.45) is 28.7 Å².